The molecule has 0 saturated heterocycles. The number of anilines is 1. The van der Waals surface area contributed by atoms with Crippen molar-refractivity contribution in [1.29, 1.82) is 0 Å². The molecule has 2 rings (SSSR count). The average Bonchev–Trinajstić information content (AvgIpc) is 2.46. The largest absolute Gasteiger partial charge is 0.534 e. The van der Waals surface area contributed by atoms with Crippen LogP contribution in [0.15, 0.2) is 30.5 Å². The SMILES string of the molecule is CC(C)Oc1c[c-]c(-c2cc(N(C)C)ccn2)c(OC(C)C)c1.[Ir]. The van der Waals surface area contributed by atoms with E-state index in [9.17, 15) is 0 Å². The summed E-state index contributed by atoms with van der Waals surface area (Å²) in [5.74, 6) is 1.49. The van der Waals surface area contributed by atoms with E-state index < -0.39 is 0 Å². The van der Waals surface area contributed by atoms with Crippen molar-refractivity contribution in [2.45, 2.75) is 39.9 Å². The van der Waals surface area contributed by atoms with Gasteiger partial charge in [-0.2, -0.15) is 0 Å². The van der Waals surface area contributed by atoms with Crippen molar-refractivity contribution in [3.8, 4) is 22.8 Å². The number of hydrogen-bond donors (Lipinski definition) is 0. The first-order chi connectivity index (χ1) is 10.9. The molecule has 133 valence electrons. The van der Waals surface area contributed by atoms with Gasteiger partial charge in [0.15, 0.2) is 0 Å². The van der Waals surface area contributed by atoms with E-state index in [1.165, 1.54) is 0 Å². The third-order valence-corrected chi connectivity index (χ3v) is 3.13. The number of aromatic nitrogens is 1. The van der Waals surface area contributed by atoms with E-state index in [1.54, 1.807) is 6.20 Å². The third-order valence-electron chi connectivity index (χ3n) is 3.13. The first-order valence-electron chi connectivity index (χ1n) is 7.89. The molecule has 0 fully saturated rings. The summed E-state index contributed by atoms with van der Waals surface area (Å²) < 4.78 is 11.7. The molecule has 1 radical (unpaired) electrons. The number of benzene rings is 1. The van der Waals surface area contributed by atoms with Gasteiger partial charge < -0.3 is 19.4 Å². The van der Waals surface area contributed by atoms with Gasteiger partial charge in [-0.1, -0.05) is 17.7 Å². The maximum absolute atomic E-state index is 5.96. The number of pyridine rings is 1. The second-order valence-corrected chi connectivity index (χ2v) is 6.20. The third kappa shape index (κ3) is 5.50. The molecule has 0 saturated carbocycles. The van der Waals surface area contributed by atoms with E-state index in [1.807, 2.05) is 71.0 Å². The van der Waals surface area contributed by atoms with Crippen molar-refractivity contribution in [2.75, 3.05) is 19.0 Å². The Bertz CT molecular complexity index is 658. The Kier molecular flexibility index (Phi) is 7.71. The Morgan fingerprint density at radius 3 is 2.29 bits per heavy atom. The molecule has 0 atom stereocenters. The first kappa shape index (κ1) is 20.5. The van der Waals surface area contributed by atoms with Crippen molar-refractivity contribution in [3.63, 3.8) is 0 Å². The van der Waals surface area contributed by atoms with Crippen LogP contribution in [0.2, 0.25) is 0 Å². The quantitative estimate of drug-likeness (QED) is 0.552. The summed E-state index contributed by atoms with van der Waals surface area (Å²) in [6.45, 7) is 8.00. The summed E-state index contributed by atoms with van der Waals surface area (Å²) in [7, 11) is 4.02. The Morgan fingerprint density at radius 2 is 1.71 bits per heavy atom. The van der Waals surface area contributed by atoms with Crippen LogP contribution < -0.4 is 14.4 Å². The Hall–Kier alpha value is -1.58. The number of nitrogens with zero attached hydrogens (tertiary/aromatic N) is 2. The molecule has 0 unspecified atom stereocenters. The van der Waals surface area contributed by atoms with Gasteiger partial charge >= 0.3 is 0 Å². The van der Waals surface area contributed by atoms with E-state index in [2.05, 4.69) is 11.1 Å². The van der Waals surface area contributed by atoms with E-state index in [0.717, 1.165) is 28.4 Å². The molecule has 0 N–H and O–H groups in total. The second kappa shape index (κ2) is 9.05. The zero-order valence-corrected chi connectivity index (χ0v) is 17.5. The minimum atomic E-state index is 0. The Labute approximate surface area is 158 Å². The molecular formula is C19H25IrN2O2-. The van der Waals surface area contributed by atoms with E-state index in [-0.39, 0.29) is 32.3 Å². The molecule has 24 heavy (non-hydrogen) atoms. The molecule has 0 aliphatic carbocycles. The van der Waals surface area contributed by atoms with Crippen LogP contribution in [-0.4, -0.2) is 31.3 Å². The molecular weight excluding hydrogens is 480 g/mol. The standard InChI is InChI=1S/C19H25N2O2.Ir/c1-13(2)22-16-7-8-17(19(12-16)23-14(3)4)18-11-15(21(5)6)9-10-20-18;/h7,9-14H,1-6H3;/q-1;. The van der Waals surface area contributed by atoms with Gasteiger partial charge in [-0.25, -0.2) is 0 Å². The Balaban J connectivity index is 0.00000288. The summed E-state index contributed by atoms with van der Waals surface area (Å²) >= 11 is 0. The first-order valence-corrected chi connectivity index (χ1v) is 7.89. The normalized spacial score (nSPS) is 10.5. The van der Waals surface area contributed by atoms with E-state index in [0.29, 0.717) is 0 Å². The zero-order valence-electron chi connectivity index (χ0n) is 15.1. The van der Waals surface area contributed by atoms with Gasteiger partial charge in [0.25, 0.3) is 0 Å². The van der Waals surface area contributed by atoms with Gasteiger partial charge in [0, 0.05) is 57.6 Å². The van der Waals surface area contributed by atoms with Crippen LogP contribution in [0.4, 0.5) is 5.69 Å². The van der Waals surface area contributed by atoms with Gasteiger partial charge in [-0.15, -0.1) is 12.1 Å². The zero-order chi connectivity index (χ0) is 17.0. The molecule has 1 aromatic carbocycles. The summed E-state index contributed by atoms with van der Waals surface area (Å²) in [5.41, 5.74) is 2.77. The van der Waals surface area contributed by atoms with Crippen LogP contribution in [-0.2, 0) is 20.1 Å². The fourth-order valence-electron chi connectivity index (χ4n) is 2.18. The number of rotatable bonds is 6. The van der Waals surface area contributed by atoms with Crippen LogP contribution in [0.3, 0.4) is 0 Å². The molecule has 2 aromatic rings. The van der Waals surface area contributed by atoms with Crippen molar-refractivity contribution >= 4 is 5.69 Å². The van der Waals surface area contributed by atoms with Gasteiger partial charge in [-0.05, 0) is 39.5 Å². The van der Waals surface area contributed by atoms with Crippen LogP contribution in [0.1, 0.15) is 27.7 Å². The molecule has 0 aliphatic rings. The predicted molar refractivity (Wildman–Crippen MR) is 94.4 cm³/mol. The molecule has 5 heteroatoms. The molecule has 4 nitrogen and oxygen atoms in total. The number of ether oxygens (including phenoxy) is 2. The second-order valence-electron chi connectivity index (χ2n) is 6.20. The monoisotopic (exact) mass is 506 g/mol. The summed E-state index contributed by atoms with van der Waals surface area (Å²) in [5, 5.41) is 0. The molecule has 0 aliphatic heterocycles. The van der Waals surface area contributed by atoms with Gasteiger partial charge in [0.1, 0.15) is 0 Å². The maximum atomic E-state index is 5.96. The van der Waals surface area contributed by atoms with Crippen molar-refractivity contribution < 1.29 is 29.6 Å². The van der Waals surface area contributed by atoms with E-state index >= 15 is 0 Å². The van der Waals surface area contributed by atoms with Crippen LogP contribution in [0, 0.1) is 6.07 Å². The summed E-state index contributed by atoms with van der Waals surface area (Å²) in [4.78, 5) is 6.52. The number of hydrogen-bond acceptors (Lipinski definition) is 4. The summed E-state index contributed by atoms with van der Waals surface area (Å²) in [6.07, 6.45) is 1.97. The fraction of sp³-hybridized carbons (Fsp3) is 0.421. The smallest absolute Gasteiger partial charge is 0.0804 e. The predicted octanol–water partition coefficient (Wildman–Crippen LogP) is 4.19. The van der Waals surface area contributed by atoms with Gasteiger partial charge in [0.05, 0.1) is 12.2 Å². The Morgan fingerprint density at radius 1 is 1.04 bits per heavy atom. The van der Waals surface area contributed by atoms with Crippen LogP contribution in [0.5, 0.6) is 11.5 Å². The molecule has 1 aromatic heterocycles. The molecule has 0 bridgehead atoms. The van der Waals surface area contributed by atoms with Gasteiger partial charge in [0.2, 0.25) is 0 Å². The topological polar surface area (TPSA) is 34.6 Å². The minimum Gasteiger partial charge on any atom is -0.534 e. The van der Waals surface area contributed by atoms with Crippen molar-refractivity contribution in [2.24, 2.45) is 0 Å². The van der Waals surface area contributed by atoms with Gasteiger partial charge in [-0.3, -0.25) is 0 Å². The van der Waals surface area contributed by atoms with Crippen molar-refractivity contribution in [1.82, 2.24) is 4.98 Å². The van der Waals surface area contributed by atoms with Crippen molar-refractivity contribution in [3.05, 3.63) is 36.5 Å². The average molecular weight is 506 g/mol. The van der Waals surface area contributed by atoms with Crippen LogP contribution >= 0.6 is 0 Å². The molecule has 1 heterocycles. The molecule has 0 amide bonds. The summed E-state index contributed by atoms with van der Waals surface area (Å²) in [6, 6.07) is 11.0. The maximum Gasteiger partial charge on any atom is 0.0804 e. The molecule has 0 spiro atoms. The fourth-order valence-corrected chi connectivity index (χ4v) is 2.18. The van der Waals surface area contributed by atoms with E-state index in [4.69, 9.17) is 9.47 Å². The van der Waals surface area contributed by atoms with Crippen LogP contribution in [0.25, 0.3) is 11.3 Å². The minimum absolute atomic E-state index is 0.